The van der Waals surface area contributed by atoms with Gasteiger partial charge in [-0.1, -0.05) is 11.8 Å². The Kier molecular flexibility index (Phi) is 5.99. The van der Waals surface area contributed by atoms with Gasteiger partial charge in [0.15, 0.2) is 11.5 Å². The van der Waals surface area contributed by atoms with Crippen molar-refractivity contribution in [2.75, 3.05) is 18.2 Å². The number of benzene rings is 2. The van der Waals surface area contributed by atoms with E-state index in [9.17, 15) is 14.4 Å². The van der Waals surface area contributed by atoms with Crippen LogP contribution in [0.1, 0.15) is 17.3 Å². The second-order valence-electron chi connectivity index (χ2n) is 6.72. The van der Waals surface area contributed by atoms with Gasteiger partial charge in [-0.15, -0.1) is 10.2 Å². The summed E-state index contributed by atoms with van der Waals surface area (Å²) in [7, 11) is 1.56. The third kappa shape index (κ3) is 4.52. The summed E-state index contributed by atoms with van der Waals surface area (Å²) in [6, 6.07) is 13.6. The number of Topliss-reactive ketones (excluding diaryl/α,β-unsaturated/α-hetero) is 1. The van der Waals surface area contributed by atoms with E-state index in [1.54, 1.807) is 55.6 Å². The first kappa shape index (κ1) is 21.2. The molecule has 0 aliphatic rings. The van der Waals surface area contributed by atoms with Gasteiger partial charge < -0.3 is 10.1 Å². The number of carbonyl (C=O) groups excluding carboxylic acids is 2. The Labute approximate surface area is 186 Å². The predicted octanol–water partition coefficient (Wildman–Crippen LogP) is 2.42. The number of methoxy groups -OCH3 is 1. The van der Waals surface area contributed by atoms with Crippen LogP contribution in [0.4, 0.5) is 5.69 Å². The van der Waals surface area contributed by atoms with Gasteiger partial charge in [0.2, 0.25) is 11.1 Å². The first-order valence-electron chi connectivity index (χ1n) is 9.48. The Balaban J connectivity index is 1.50. The Hall–Kier alpha value is -3.99. The van der Waals surface area contributed by atoms with Gasteiger partial charge in [0.25, 0.3) is 11.3 Å². The van der Waals surface area contributed by atoms with Gasteiger partial charge in [-0.3, -0.25) is 19.4 Å². The van der Waals surface area contributed by atoms with Crippen molar-refractivity contribution in [2.45, 2.75) is 12.1 Å². The quantitative estimate of drug-likeness (QED) is 0.324. The van der Waals surface area contributed by atoms with Crippen molar-refractivity contribution in [1.29, 1.82) is 0 Å². The number of H-pyrrole nitrogens is 1. The average molecular weight is 450 g/mol. The lowest BCUT2D eigenvalue weighted by Gasteiger charge is -2.06. The summed E-state index contributed by atoms with van der Waals surface area (Å²) in [5.74, 6) is 0.580. The summed E-state index contributed by atoms with van der Waals surface area (Å²) in [6.07, 6.45) is 0. The normalized spacial score (nSPS) is 10.8. The number of amides is 1. The predicted molar refractivity (Wildman–Crippen MR) is 119 cm³/mol. The lowest BCUT2D eigenvalue weighted by molar-refractivity contribution is -0.113. The number of fused-ring (bicyclic) bond motifs is 1. The zero-order valence-electron chi connectivity index (χ0n) is 17.2. The van der Waals surface area contributed by atoms with Crippen molar-refractivity contribution < 1.29 is 14.3 Å². The van der Waals surface area contributed by atoms with E-state index in [0.717, 1.165) is 11.8 Å². The number of hydrogen-bond acceptors (Lipinski definition) is 8. The van der Waals surface area contributed by atoms with Crippen LogP contribution in [0.5, 0.6) is 5.75 Å². The van der Waals surface area contributed by atoms with E-state index in [1.165, 1.54) is 11.4 Å². The van der Waals surface area contributed by atoms with Crippen LogP contribution < -0.4 is 15.6 Å². The molecule has 0 spiro atoms. The lowest BCUT2D eigenvalue weighted by atomic mass is 10.1. The van der Waals surface area contributed by atoms with E-state index in [4.69, 9.17) is 4.74 Å². The van der Waals surface area contributed by atoms with E-state index in [1.807, 2.05) is 0 Å². The number of nitrogens with one attached hydrogen (secondary N) is 2. The number of thioether (sulfide) groups is 1. The molecule has 4 rings (SSSR count). The molecule has 0 atom stereocenters. The number of hydrogen-bond donors (Lipinski definition) is 2. The van der Waals surface area contributed by atoms with Crippen LogP contribution in [0.25, 0.3) is 17.0 Å². The van der Waals surface area contributed by atoms with Crippen molar-refractivity contribution in [3.05, 3.63) is 64.4 Å². The number of ketones is 1. The number of anilines is 1. The van der Waals surface area contributed by atoms with Crippen LogP contribution in [-0.2, 0) is 4.79 Å². The highest BCUT2D eigenvalue weighted by molar-refractivity contribution is 7.99. The van der Waals surface area contributed by atoms with Crippen molar-refractivity contribution in [1.82, 2.24) is 24.8 Å². The minimum Gasteiger partial charge on any atom is -0.497 e. The first-order valence-corrected chi connectivity index (χ1v) is 10.5. The van der Waals surface area contributed by atoms with E-state index in [-0.39, 0.29) is 28.9 Å². The summed E-state index contributed by atoms with van der Waals surface area (Å²) < 4.78 is 6.53. The summed E-state index contributed by atoms with van der Waals surface area (Å²) >= 11 is 1.13. The fourth-order valence-electron chi connectivity index (χ4n) is 2.88. The molecule has 2 N–H and O–H groups in total. The molecule has 0 saturated heterocycles. The number of carbonyl (C=O) groups is 2. The molecule has 11 heteroatoms. The topological polar surface area (TPSA) is 131 Å². The molecule has 2 aromatic heterocycles. The highest BCUT2D eigenvalue weighted by atomic mass is 32.2. The maximum atomic E-state index is 12.4. The van der Waals surface area contributed by atoms with Gasteiger partial charge in [0.1, 0.15) is 5.75 Å². The third-order valence-electron chi connectivity index (χ3n) is 4.52. The van der Waals surface area contributed by atoms with Crippen LogP contribution in [0.3, 0.4) is 0 Å². The molecule has 0 radical (unpaired) electrons. The van der Waals surface area contributed by atoms with E-state index < -0.39 is 5.56 Å². The Morgan fingerprint density at radius 2 is 1.81 bits per heavy atom. The number of nitrogens with zero attached hydrogens (tertiary/aromatic N) is 4. The highest BCUT2D eigenvalue weighted by Crippen LogP contribution is 2.20. The molecule has 4 aromatic rings. The molecule has 2 heterocycles. The molecular formula is C21H18N6O4S. The molecule has 0 unspecified atom stereocenters. The minimum atomic E-state index is -0.404. The molecule has 0 aliphatic heterocycles. The molecule has 162 valence electrons. The SMILES string of the molecule is COc1ccc(-c2nn3c(SCC(=O)Nc4ccc(C(C)=O)cc4)nnc3[nH]c2=O)cc1. The maximum Gasteiger partial charge on any atom is 0.279 e. The molecule has 2 aromatic carbocycles. The van der Waals surface area contributed by atoms with E-state index in [2.05, 4.69) is 25.6 Å². The van der Waals surface area contributed by atoms with Crippen LogP contribution in [0, 0.1) is 0 Å². The van der Waals surface area contributed by atoms with E-state index in [0.29, 0.717) is 27.7 Å². The number of aromatic nitrogens is 5. The summed E-state index contributed by atoms with van der Waals surface area (Å²) in [6.45, 7) is 1.48. The number of aromatic amines is 1. The van der Waals surface area contributed by atoms with Gasteiger partial charge in [0, 0.05) is 16.8 Å². The highest BCUT2D eigenvalue weighted by Gasteiger charge is 2.15. The lowest BCUT2D eigenvalue weighted by Crippen LogP contribution is -2.16. The summed E-state index contributed by atoms with van der Waals surface area (Å²) in [4.78, 5) is 38.7. The largest absolute Gasteiger partial charge is 0.497 e. The Morgan fingerprint density at radius 3 is 2.47 bits per heavy atom. The van der Waals surface area contributed by atoms with Crippen molar-refractivity contribution >= 4 is 34.9 Å². The third-order valence-corrected chi connectivity index (χ3v) is 5.44. The molecule has 0 saturated carbocycles. The molecule has 0 fully saturated rings. The van der Waals surface area contributed by atoms with Gasteiger partial charge >= 0.3 is 0 Å². The molecule has 10 nitrogen and oxygen atoms in total. The van der Waals surface area contributed by atoms with Gasteiger partial charge in [0.05, 0.1) is 12.9 Å². The zero-order chi connectivity index (χ0) is 22.7. The fourth-order valence-corrected chi connectivity index (χ4v) is 3.56. The monoisotopic (exact) mass is 450 g/mol. The van der Waals surface area contributed by atoms with Crippen LogP contribution in [0.15, 0.2) is 58.5 Å². The standard InChI is InChI=1S/C21H18N6O4S/c1-12(28)13-3-7-15(8-4-13)22-17(29)11-32-21-25-24-20-23-19(30)18(26-27(20)21)14-5-9-16(31-2)10-6-14/h3-10H,11H2,1-2H3,(H,22,29)(H,23,24,30). The first-order chi connectivity index (χ1) is 15.4. The number of rotatable bonds is 7. The molecule has 0 aliphatic carbocycles. The average Bonchev–Trinajstić information content (AvgIpc) is 3.19. The number of ether oxygens (including phenoxy) is 1. The van der Waals surface area contributed by atoms with Crippen molar-refractivity contribution in [2.24, 2.45) is 0 Å². The maximum absolute atomic E-state index is 12.4. The fraction of sp³-hybridized carbons (Fsp3) is 0.143. The summed E-state index contributed by atoms with van der Waals surface area (Å²) in [5.41, 5.74) is 1.54. The van der Waals surface area contributed by atoms with E-state index >= 15 is 0 Å². The minimum absolute atomic E-state index is 0.0448. The van der Waals surface area contributed by atoms with Gasteiger partial charge in [-0.05, 0) is 55.5 Å². The van der Waals surface area contributed by atoms with Gasteiger partial charge in [-0.2, -0.15) is 9.61 Å². The van der Waals surface area contributed by atoms with Crippen LogP contribution in [-0.4, -0.2) is 49.3 Å². The van der Waals surface area contributed by atoms with Crippen LogP contribution >= 0.6 is 11.8 Å². The Morgan fingerprint density at radius 1 is 1.09 bits per heavy atom. The van der Waals surface area contributed by atoms with Crippen molar-refractivity contribution in [3.8, 4) is 17.0 Å². The molecule has 1 amide bonds. The second-order valence-corrected chi connectivity index (χ2v) is 7.66. The van der Waals surface area contributed by atoms with Gasteiger partial charge in [-0.25, -0.2) is 0 Å². The molecular weight excluding hydrogens is 432 g/mol. The van der Waals surface area contributed by atoms with Crippen LogP contribution in [0.2, 0.25) is 0 Å². The zero-order valence-corrected chi connectivity index (χ0v) is 18.0. The smallest absolute Gasteiger partial charge is 0.279 e. The van der Waals surface area contributed by atoms with Crippen molar-refractivity contribution in [3.63, 3.8) is 0 Å². The molecule has 0 bridgehead atoms. The second kappa shape index (κ2) is 9.02. The molecule has 32 heavy (non-hydrogen) atoms. The Bertz CT molecular complexity index is 1350. The summed E-state index contributed by atoms with van der Waals surface area (Å²) in [5, 5.41) is 15.4.